The van der Waals surface area contributed by atoms with Crippen molar-refractivity contribution in [2.24, 2.45) is 16.6 Å². The maximum atomic E-state index is 13.1. The van der Waals surface area contributed by atoms with Crippen molar-refractivity contribution < 1.29 is 23.2 Å². The number of rotatable bonds is 9. The number of benzene rings is 2. The van der Waals surface area contributed by atoms with Gasteiger partial charge in [0.15, 0.2) is 9.84 Å². The Kier molecular flexibility index (Phi) is 7.92. The Morgan fingerprint density at radius 2 is 1.92 bits per heavy atom. The number of sulfone groups is 1. The van der Waals surface area contributed by atoms with Crippen LogP contribution in [0.5, 0.6) is 0 Å². The number of hydrogen-bond donors (Lipinski definition) is 2. The highest BCUT2D eigenvalue weighted by Crippen LogP contribution is 2.37. The molecule has 0 saturated heterocycles. The average molecular weight is 512 g/mol. The van der Waals surface area contributed by atoms with Crippen molar-refractivity contribution in [2.75, 3.05) is 19.8 Å². The van der Waals surface area contributed by atoms with Gasteiger partial charge in [0, 0.05) is 30.7 Å². The van der Waals surface area contributed by atoms with Crippen LogP contribution < -0.4 is 5.73 Å². The number of hydroxylamine groups is 2. The molecule has 1 amide bonds. The van der Waals surface area contributed by atoms with Crippen LogP contribution in [0.15, 0.2) is 57.9 Å². The molecule has 1 aliphatic carbocycles. The van der Waals surface area contributed by atoms with Crippen LogP contribution in [-0.2, 0) is 19.5 Å². The normalized spacial score (nSPS) is 19.4. The zero-order valence-electron chi connectivity index (χ0n) is 20.7. The lowest BCUT2D eigenvalue weighted by atomic mass is 9.86. The topological polar surface area (TPSA) is 122 Å². The van der Waals surface area contributed by atoms with E-state index in [9.17, 15) is 18.3 Å². The van der Waals surface area contributed by atoms with E-state index in [1.54, 1.807) is 24.3 Å². The van der Waals surface area contributed by atoms with E-state index in [1.165, 1.54) is 5.06 Å². The molecule has 0 atom stereocenters. The minimum Gasteiger partial charge on any atom is -0.396 e. The molecule has 3 N–H and O–H groups in total. The number of hydrogen-bond acceptors (Lipinski definition) is 7. The van der Waals surface area contributed by atoms with E-state index in [0.29, 0.717) is 43.1 Å². The van der Waals surface area contributed by atoms with Gasteiger partial charge in [-0.05, 0) is 67.5 Å². The zero-order chi connectivity index (χ0) is 25.9. The average Bonchev–Trinajstić information content (AvgIpc) is 3.00. The summed E-state index contributed by atoms with van der Waals surface area (Å²) in [6, 6.07) is 12.5. The van der Waals surface area contributed by atoms with E-state index in [0.717, 1.165) is 23.1 Å². The summed E-state index contributed by atoms with van der Waals surface area (Å²) >= 11 is 0. The van der Waals surface area contributed by atoms with Gasteiger partial charge in [0.05, 0.1) is 22.4 Å². The second-order valence-corrected chi connectivity index (χ2v) is 11.5. The maximum Gasteiger partial charge on any atom is 0.273 e. The van der Waals surface area contributed by atoms with E-state index in [2.05, 4.69) is 4.99 Å². The fourth-order valence-electron chi connectivity index (χ4n) is 4.57. The van der Waals surface area contributed by atoms with Gasteiger partial charge in [0.1, 0.15) is 5.84 Å². The van der Waals surface area contributed by atoms with E-state index in [1.807, 2.05) is 38.1 Å². The molecule has 0 aromatic heterocycles. The number of aliphatic hydroxyl groups excluding tert-OH is 1. The van der Waals surface area contributed by atoms with Crippen LogP contribution in [0.4, 0.5) is 5.69 Å². The molecule has 1 saturated carbocycles. The lowest BCUT2D eigenvalue weighted by Gasteiger charge is -2.33. The maximum absolute atomic E-state index is 13.1. The van der Waals surface area contributed by atoms with Crippen LogP contribution in [0, 0.1) is 5.92 Å². The first-order valence-corrected chi connectivity index (χ1v) is 13.9. The van der Waals surface area contributed by atoms with Crippen LogP contribution >= 0.6 is 0 Å². The van der Waals surface area contributed by atoms with Crippen molar-refractivity contribution in [1.82, 2.24) is 5.06 Å². The molecule has 0 spiro atoms. The molecule has 0 radical (unpaired) electrons. The third kappa shape index (κ3) is 5.38. The fourth-order valence-corrected chi connectivity index (χ4v) is 6.57. The third-order valence-corrected chi connectivity index (χ3v) is 8.77. The molecule has 4 rings (SSSR count). The lowest BCUT2D eigenvalue weighted by Crippen LogP contribution is -2.37. The van der Waals surface area contributed by atoms with E-state index < -0.39 is 15.1 Å². The highest BCUT2D eigenvalue weighted by atomic mass is 32.2. The van der Waals surface area contributed by atoms with Crippen molar-refractivity contribution in [3.8, 4) is 11.1 Å². The Balaban J connectivity index is 1.64. The predicted octanol–water partition coefficient (Wildman–Crippen LogP) is 3.86. The van der Waals surface area contributed by atoms with Gasteiger partial charge in [-0.25, -0.2) is 18.5 Å². The summed E-state index contributed by atoms with van der Waals surface area (Å²) in [6.45, 7) is 4.70. The first-order valence-electron chi connectivity index (χ1n) is 12.3. The second-order valence-electron chi connectivity index (χ2n) is 9.26. The number of carbonyl (C=O) groups excluding carboxylic acids is 1. The number of amides is 1. The lowest BCUT2D eigenvalue weighted by molar-refractivity contribution is -0.180. The summed E-state index contributed by atoms with van der Waals surface area (Å²) in [5, 5.41) is 10.2. The van der Waals surface area contributed by atoms with Crippen molar-refractivity contribution >= 4 is 33.3 Å². The molecule has 8 nitrogen and oxygen atoms in total. The minimum absolute atomic E-state index is 0.0227. The van der Waals surface area contributed by atoms with E-state index in [4.69, 9.17) is 10.6 Å². The van der Waals surface area contributed by atoms with Crippen LogP contribution in [0.3, 0.4) is 0 Å². The molecular weight excluding hydrogens is 478 g/mol. The predicted molar refractivity (Wildman–Crippen MR) is 140 cm³/mol. The summed E-state index contributed by atoms with van der Waals surface area (Å²) in [7, 11) is -3.46. The smallest absolute Gasteiger partial charge is 0.273 e. The van der Waals surface area contributed by atoms with Crippen molar-refractivity contribution in [2.45, 2.75) is 49.7 Å². The first kappa shape index (κ1) is 26.1. The number of carbonyl (C=O) groups is 1. The zero-order valence-corrected chi connectivity index (χ0v) is 21.5. The highest BCUT2D eigenvalue weighted by Gasteiger charge is 2.39. The number of amidine groups is 1. The van der Waals surface area contributed by atoms with E-state index >= 15 is 0 Å². The van der Waals surface area contributed by atoms with Gasteiger partial charge in [0.25, 0.3) is 5.91 Å². The number of aliphatic imine (C=N–C) groups is 1. The summed E-state index contributed by atoms with van der Waals surface area (Å²) in [4.78, 5) is 23.4. The van der Waals surface area contributed by atoms with Gasteiger partial charge < -0.3 is 10.8 Å². The number of aliphatic hydroxyl groups is 1. The van der Waals surface area contributed by atoms with Gasteiger partial charge in [-0.1, -0.05) is 31.2 Å². The van der Waals surface area contributed by atoms with Crippen molar-refractivity contribution in [1.29, 1.82) is 0 Å². The van der Waals surface area contributed by atoms with Crippen LogP contribution in [0.1, 0.15) is 45.1 Å². The van der Waals surface area contributed by atoms with Crippen LogP contribution in [0.25, 0.3) is 17.2 Å². The Labute approximate surface area is 212 Å². The molecule has 2 aromatic rings. The summed E-state index contributed by atoms with van der Waals surface area (Å²) < 4.78 is 26.1. The number of nitrogens with zero attached hydrogens (tertiary/aromatic N) is 2. The minimum atomic E-state index is -3.46. The van der Waals surface area contributed by atoms with E-state index in [-0.39, 0.29) is 29.7 Å². The SMILES string of the molecule is CCCN(OCC)C(=O)C1=Cc2ccc(-c3cccc(S(=O)(=O)C4CC(CO)C4)c3)cc2N=C(N)C1. The van der Waals surface area contributed by atoms with Gasteiger partial charge in [-0.3, -0.25) is 9.63 Å². The molecule has 36 heavy (non-hydrogen) atoms. The molecule has 1 aliphatic heterocycles. The third-order valence-electron chi connectivity index (χ3n) is 6.59. The van der Waals surface area contributed by atoms with Gasteiger partial charge in [-0.15, -0.1) is 0 Å². The molecule has 192 valence electrons. The Hall–Kier alpha value is -3.01. The largest absolute Gasteiger partial charge is 0.396 e. The number of fused-ring (bicyclic) bond motifs is 1. The molecule has 1 fully saturated rings. The summed E-state index contributed by atoms with van der Waals surface area (Å²) in [5.74, 6) is 0.151. The molecule has 0 bridgehead atoms. The quantitative estimate of drug-likeness (QED) is 0.493. The Bertz CT molecular complexity index is 1290. The molecule has 0 unspecified atom stereocenters. The van der Waals surface area contributed by atoms with Gasteiger partial charge in [0.2, 0.25) is 0 Å². The standard InChI is InChI=1S/C27H33N3O5S/c1-3-10-30(35-4-2)27(32)22-13-21-9-8-20(15-25(21)29-26(28)16-22)19-6-5-7-23(14-19)36(33,34)24-11-18(12-24)17-31/h5-9,13-15,18,24,31H,3-4,10-12,16-17H2,1-2H3,(H2,28,29). The van der Waals surface area contributed by atoms with Gasteiger partial charge in [-0.2, -0.15) is 0 Å². The summed E-state index contributed by atoms with van der Waals surface area (Å²) in [6.07, 6.45) is 3.74. The highest BCUT2D eigenvalue weighted by molar-refractivity contribution is 7.92. The van der Waals surface area contributed by atoms with Crippen molar-refractivity contribution in [3.05, 3.63) is 53.6 Å². The molecule has 2 aliphatic rings. The number of nitrogens with two attached hydrogens (primary N) is 1. The molecular formula is C27H33N3O5S. The Morgan fingerprint density at radius 3 is 2.61 bits per heavy atom. The molecule has 9 heteroatoms. The summed E-state index contributed by atoms with van der Waals surface area (Å²) in [5.41, 5.74) is 9.59. The first-order chi connectivity index (χ1) is 17.3. The monoisotopic (exact) mass is 511 g/mol. The van der Waals surface area contributed by atoms with Crippen LogP contribution in [0.2, 0.25) is 0 Å². The second kappa shape index (κ2) is 10.9. The molecule has 2 aromatic carbocycles. The van der Waals surface area contributed by atoms with Crippen LogP contribution in [-0.4, -0.2) is 55.3 Å². The fraction of sp³-hybridized carbons (Fsp3) is 0.407. The Morgan fingerprint density at radius 1 is 1.17 bits per heavy atom. The van der Waals surface area contributed by atoms with Gasteiger partial charge >= 0.3 is 0 Å². The van der Waals surface area contributed by atoms with Crippen molar-refractivity contribution in [3.63, 3.8) is 0 Å². The molecule has 1 heterocycles.